The molecule has 0 saturated carbocycles. The fourth-order valence-corrected chi connectivity index (χ4v) is 1.47. The molecule has 0 amide bonds. The van der Waals surface area contributed by atoms with Crippen molar-refractivity contribution in [1.82, 2.24) is 4.90 Å². The van der Waals surface area contributed by atoms with Crippen LogP contribution in [0.2, 0.25) is 0 Å². The summed E-state index contributed by atoms with van der Waals surface area (Å²) in [6.07, 6.45) is 1.63. The first-order valence-electron chi connectivity index (χ1n) is 5.06. The summed E-state index contributed by atoms with van der Waals surface area (Å²) < 4.78 is 26.7. The molecule has 4 heteroatoms. The molecule has 0 spiro atoms. The Kier molecular flexibility index (Phi) is 5.08. The van der Waals surface area contributed by atoms with Gasteiger partial charge in [-0.25, -0.2) is 8.78 Å². The van der Waals surface area contributed by atoms with Crippen LogP contribution in [0.3, 0.4) is 0 Å². The highest BCUT2D eigenvalue weighted by atomic mass is 19.1. The van der Waals surface area contributed by atoms with Crippen LogP contribution >= 0.6 is 0 Å². The van der Waals surface area contributed by atoms with Crippen LogP contribution in [0.25, 0.3) is 0 Å². The number of aliphatic hydroxyl groups excluding tert-OH is 1. The smallest absolute Gasteiger partial charge is 0.130 e. The second-order valence-electron chi connectivity index (χ2n) is 3.45. The van der Waals surface area contributed by atoms with E-state index in [1.165, 1.54) is 18.2 Å². The van der Waals surface area contributed by atoms with Gasteiger partial charge in [-0.3, -0.25) is 4.90 Å². The van der Waals surface area contributed by atoms with Gasteiger partial charge in [-0.05, 0) is 12.1 Å². The number of nitrogens with zero attached hydrogens (tertiary/aromatic N) is 1. The van der Waals surface area contributed by atoms with Crippen LogP contribution in [0.1, 0.15) is 5.56 Å². The first-order chi connectivity index (χ1) is 7.69. The average molecular weight is 227 g/mol. The fourth-order valence-electron chi connectivity index (χ4n) is 1.47. The summed E-state index contributed by atoms with van der Waals surface area (Å²) in [5, 5.41) is 8.82. The van der Waals surface area contributed by atoms with Gasteiger partial charge in [0.2, 0.25) is 0 Å². The average Bonchev–Trinajstić information content (AvgIpc) is 2.24. The van der Waals surface area contributed by atoms with Crippen LogP contribution in [-0.4, -0.2) is 29.7 Å². The van der Waals surface area contributed by atoms with Crippen LogP contribution in [0, 0.1) is 11.6 Å². The standard InChI is InChI=1S/C12H15F2NO/c1-2-6-15(7-8-16)9-10-11(13)4-3-5-12(10)14/h2-5,16H,1,6-9H2. The Balaban J connectivity index is 2.79. The maximum absolute atomic E-state index is 13.3. The SMILES string of the molecule is C=CCN(CCO)Cc1c(F)cccc1F. The molecule has 1 aromatic carbocycles. The van der Waals surface area contributed by atoms with Crippen molar-refractivity contribution in [2.24, 2.45) is 0 Å². The second kappa shape index (κ2) is 6.35. The molecule has 0 aromatic heterocycles. The highest BCUT2D eigenvalue weighted by Gasteiger charge is 2.12. The van der Waals surface area contributed by atoms with E-state index in [9.17, 15) is 8.78 Å². The highest BCUT2D eigenvalue weighted by Crippen LogP contribution is 2.14. The van der Waals surface area contributed by atoms with Crippen LogP contribution in [-0.2, 0) is 6.54 Å². The van der Waals surface area contributed by atoms with Crippen molar-refractivity contribution in [2.45, 2.75) is 6.54 Å². The van der Waals surface area contributed by atoms with Gasteiger partial charge in [0.1, 0.15) is 11.6 Å². The van der Waals surface area contributed by atoms with Crippen molar-refractivity contribution in [3.63, 3.8) is 0 Å². The lowest BCUT2D eigenvalue weighted by atomic mass is 10.2. The number of hydrogen-bond donors (Lipinski definition) is 1. The van der Waals surface area contributed by atoms with Crippen molar-refractivity contribution in [3.8, 4) is 0 Å². The quantitative estimate of drug-likeness (QED) is 0.751. The Labute approximate surface area is 93.8 Å². The van der Waals surface area contributed by atoms with E-state index in [4.69, 9.17) is 5.11 Å². The van der Waals surface area contributed by atoms with Crippen molar-refractivity contribution < 1.29 is 13.9 Å². The molecule has 88 valence electrons. The number of rotatable bonds is 6. The van der Waals surface area contributed by atoms with Gasteiger partial charge >= 0.3 is 0 Å². The van der Waals surface area contributed by atoms with E-state index in [2.05, 4.69) is 6.58 Å². The molecule has 0 aliphatic rings. The molecule has 1 rings (SSSR count). The Morgan fingerprint density at radius 1 is 1.31 bits per heavy atom. The summed E-state index contributed by atoms with van der Waals surface area (Å²) in [5.41, 5.74) is 0.0257. The molecule has 0 bridgehead atoms. The Bertz CT molecular complexity index is 335. The van der Waals surface area contributed by atoms with E-state index >= 15 is 0 Å². The third kappa shape index (κ3) is 3.40. The van der Waals surface area contributed by atoms with Crippen molar-refractivity contribution in [2.75, 3.05) is 19.7 Å². The van der Waals surface area contributed by atoms with Crippen molar-refractivity contribution in [3.05, 3.63) is 48.1 Å². The predicted octanol–water partition coefficient (Wildman–Crippen LogP) is 1.95. The van der Waals surface area contributed by atoms with E-state index < -0.39 is 11.6 Å². The molecular formula is C12H15F2NO. The zero-order chi connectivity index (χ0) is 12.0. The molecule has 0 aliphatic carbocycles. The predicted molar refractivity (Wildman–Crippen MR) is 58.9 cm³/mol. The van der Waals surface area contributed by atoms with Gasteiger partial charge in [0.25, 0.3) is 0 Å². The monoisotopic (exact) mass is 227 g/mol. The zero-order valence-electron chi connectivity index (χ0n) is 9.00. The summed E-state index contributed by atoms with van der Waals surface area (Å²) in [6.45, 7) is 4.48. The first kappa shape index (κ1) is 12.8. The van der Waals surface area contributed by atoms with Crippen LogP contribution < -0.4 is 0 Å². The lowest BCUT2D eigenvalue weighted by Gasteiger charge is -2.19. The van der Waals surface area contributed by atoms with Crippen molar-refractivity contribution >= 4 is 0 Å². The van der Waals surface area contributed by atoms with Crippen LogP contribution in [0.4, 0.5) is 8.78 Å². The molecule has 0 saturated heterocycles. The van der Waals surface area contributed by atoms with Gasteiger partial charge in [-0.1, -0.05) is 12.1 Å². The van der Waals surface area contributed by atoms with Gasteiger partial charge in [-0.15, -0.1) is 6.58 Å². The van der Waals surface area contributed by atoms with E-state index in [1.807, 2.05) is 0 Å². The molecule has 0 fully saturated rings. The normalized spacial score (nSPS) is 10.8. The molecule has 16 heavy (non-hydrogen) atoms. The van der Waals surface area contributed by atoms with E-state index in [0.29, 0.717) is 13.1 Å². The molecule has 1 aromatic rings. The topological polar surface area (TPSA) is 23.5 Å². The first-order valence-corrected chi connectivity index (χ1v) is 5.06. The number of benzene rings is 1. The Hall–Kier alpha value is -1.26. The summed E-state index contributed by atoms with van der Waals surface area (Å²) >= 11 is 0. The van der Waals surface area contributed by atoms with Gasteiger partial charge in [-0.2, -0.15) is 0 Å². The van der Waals surface area contributed by atoms with E-state index in [0.717, 1.165) is 0 Å². The fraction of sp³-hybridized carbons (Fsp3) is 0.333. The van der Waals surface area contributed by atoms with Gasteiger partial charge < -0.3 is 5.11 Å². The minimum atomic E-state index is -0.563. The summed E-state index contributed by atoms with van der Waals surface area (Å²) in [4.78, 5) is 1.72. The molecule has 0 aliphatic heterocycles. The van der Waals surface area contributed by atoms with Gasteiger partial charge in [0.15, 0.2) is 0 Å². The van der Waals surface area contributed by atoms with Gasteiger partial charge in [0.05, 0.1) is 6.61 Å². The zero-order valence-corrected chi connectivity index (χ0v) is 9.00. The third-order valence-electron chi connectivity index (χ3n) is 2.25. The summed E-state index contributed by atoms with van der Waals surface area (Å²) in [6, 6.07) is 3.78. The van der Waals surface area contributed by atoms with Crippen LogP contribution in [0.5, 0.6) is 0 Å². The summed E-state index contributed by atoms with van der Waals surface area (Å²) in [7, 11) is 0. The molecule has 0 atom stereocenters. The number of halogens is 2. The molecule has 0 unspecified atom stereocenters. The number of hydrogen-bond acceptors (Lipinski definition) is 2. The lowest BCUT2D eigenvalue weighted by molar-refractivity contribution is 0.200. The molecular weight excluding hydrogens is 212 g/mol. The minimum Gasteiger partial charge on any atom is -0.395 e. The lowest BCUT2D eigenvalue weighted by Crippen LogP contribution is -2.27. The molecule has 1 N–H and O–H groups in total. The molecule has 0 heterocycles. The summed E-state index contributed by atoms with van der Waals surface area (Å²) in [5.74, 6) is -1.13. The molecule has 2 nitrogen and oxygen atoms in total. The maximum Gasteiger partial charge on any atom is 0.130 e. The second-order valence-corrected chi connectivity index (χ2v) is 3.45. The molecule has 0 radical (unpaired) electrons. The van der Waals surface area contributed by atoms with Crippen LogP contribution in [0.15, 0.2) is 30.9 Å². The van der Waals surface area contributed by atoms with E-state index in [-0.39, 0.29) is 18.7 Å². The largest absolute Gasteiger partial charge is 0.395 e. The third-order valence-corrected chi connectivity index (χ3v) is 2.25. The Morgan fingerprint density at radius 3 is 2.44 bits per heavy atom. The highest BCUT2D eigenvalue weighted by molar-refractivity contribution is 5.19. The van der Waals surface area contributed by atoms with Crippen molar-refractivity contribution in [1.29, 1.82) is 0 Å². The van der Waals surface area contributed by atoms with Gasteiger partial charge in [0, 0.05) is 25.2 Å². The van der Waals surface area contributed by atoms with E-state index in [1.54, 1.807) is 11.0 Å². The maximum atomic E-state index is 13.3. The minimum absolute atomic E-state index is 0.0257. The number of aliphatic hydroxyl groups is 1. The Morgan fingerprint density at radius 2 is 1.94 bits per heavy atom.